The highest BCUT2D eigenvalue weighted by atomic mass is 32.2. The Morgan fingerprint density at radius 3 is 2.93 bits per heavy atom. The van der Waals surface area contributed by atoms with Gasteiger partial charge in [0.25, 0.3) is 0 Å². The van der Waals surface area contributed by atoms with Crippen LogP contribution in [0.4, 0.5) is 0 Å². The molecule has 0 aromatic carbocycles. The first-order chi connectivity index (χ1) is 7.22. The fraction of sp³-hybridized carbons (Fsp3) is 0.800. The minimum atomic E-state index is 0.714. The van der Waals surface area contributed by atoms with Crippen LogP contribution >= 0.6 is 11.8 Å². The Kier molecular flexibility index (Phi) is 5.71. The summed E-state index contributed by atoms with van der Waals surface area (Å²) in [6.07, 6.45) is 0.804. The van der Waals surface area contributed by atoms with Crippen molar-refractivity contribution in [1.29, 1.82) is 0 Å². The second kappa shape index (κ2) is 6.85. The lowest BCUT2D eigenvalue weighted by atomic mass is 10.3. The fourth-order valence-corrected chi connectivity index (χ4v) is 1.96. The molecule has 0 atom stereocenters. The minimum Gasteiger partial charge on any atom is -0.339 e. The van der Waals surface area contributed by atoms with E-state index in [0.29, 0.717) is 5.92 Å². The summed E-state index contributed by atoms with van der Waals surface area (Å²) in [6, 6.07) is 0. The summed E-state index contributed by atoms with van der Waals surface area (Å²) in [5.74, 6) is 4.24. The maximum absolute atomic E-state index is 5.11. The van der Waals surface area contributed by atoms with Crippen molar-refractivity contribution in [2.24, 2.45) is 5.92 Å². The Balaban J connectivity index is 2.26. The van der Waals surface area contributed by atoms with E-state index >= 15 is 0 Å². The lowest BCUT2D eigenvalue weighted by molar-refractivity contribution is 0.373. The van der Waals surface area contributed by atoms with Gasteiger partial charge in [-0.2, -0.15) is 16.7 Å². The zero-order chi connectivity index (χ0) is 11.1. The predicted octanol–water partition coefficient (Wildman–Crippen LogP) is 1.72. The second-order valence-electron chi connectivity index (χ2n) is 3.87. The van der Waals surface area contributed by atoms with Crippen LogP contribution in [0.25, 0.3) is 0 Å². The summed E-state index contributed by atoms with van der Waals surface area (Å²) < 4.78 is 5.11. The standard InChI is InChI=1S/C10H19N3OS/c1-8(2)6-15-7-9-12-10(14-13-9)4-5-11-3/h8,11H,4-7H2,1-3H3. The molecule has 15 heavy (non-hydrogen) atoms. The van der Waals surface area contributed by atoms with Crippen LogP contribution in [0.2, 0.25) is 0 Å². The lowest BCUT2D eigenvalue weighted by Gasteiger charge is -2.00. The summed E-state index contributed by atoms with van der Waals surface area (Å²) in [5.41, 5.74) is 0. The Morgan fingerprint density at radius 2 is 2.27 bits per heavy atom. The molecule has 0 amide bonds. The number of nitrogens with zero attached hydrogens (tertiary/aromatic N) is 2. The van der Waals surface area contributed by atoms with E-state index in [1.807, 2.05) is 18.8 Å². The molecule has 0 fully saturated rings. The van der Waals surface area contributed by atoms with Gasteiger partial charge in [-0.05, 0) is 18.7 Å². The first-order valence-corrected chi connectivity index (χ1v) is 6.41. The molecular formula is C10H19N3OS. The number of likely N-dealkylation sites (N-methyl/N-ethyl adjacent to an activating group) is 1. The van der Waals surface area contributed by atoms with Gasteiger partial charge in [0.2, 0.25) is 5.89 Å². The number of hydrogen-bond donors (Lipinski definition) is 1. The molecule has 86 valence electrons. The average molecular weight is 229 g/mol. The Bertz CT molecular complexity index is 275. The Hall–Kier alpha value is -0.550. The smallest absolute Gasteiger partial charge is 0.227 e. The molecule has 0 saturated heterocycles. The number of nitrogens with one attached hydrogen (secondary N) is 1. The van der Waals surface area contributed by atoms with E-state index in [-0.39, 0.29) is 0 Å². The van der Waals surface area contributed by atoms with Gasteiger partial charge >= 0.3 is 0 Å². The van der Waals surface area contributed by atoms with Crippen molar-refractivity contribution in [3.63, 3.8) is 0 Å². The molecule has 0 saturated carbocycles. The molecule has 1 aromatic rings. The van der Waals surface area contributed by atoms with Crippen LogP contribution in [-0.4, -0.2) is 29.5 Å². The Labute approximate surface area is 95.2 Å². The van der Waals surface area contributed by atoms with E-state index in [0.717, 1.165) is 36.2 Å². The van der Waals surface area contributed by atoms with Gasteiger partial charge in [-0.1, -0.05) is 19.0 Å². The zero-order valence-electron chi connectivity index (χ0n) is 9.62. The van der Waals surface area contributed by atoms with Gasteiger partial charge in [-0.25, -0.2) is 0 Å². The molecule has 1 N–H and O–H groups in total. The SMILES string of the molecule is CNCCc1nc(CSCC(C)C)no1. The number of aromatic nitrogens is 2. The molecule has 0 spiro atoms. The zero-order valence-corrected chi connectivity index (χ0v) is 10.4. The lowest BCUT2D eigenvalue weighted by Crippen LogP contribution is -2.10. The quantitative estimate of drug-likeness (QED) is 0.771. The van der Waals surface area contributed by atoms with Gasteiger partial charge in [-0.3, -0.25) is 0 Å². The summed E-state index contributed by atoms with van der Waals surface area (Å²) in [4.78, 5) is 4.31. The number of rotatable bonds is 7. The molecule has 5 heteroatoms. The van der Waals surface area contributed by atoms with Crippen molar-refractivity contribution in [3.05, 3.63) is 11.7 Å². The van der Waals surface area contributed by atoms with E-state index in [9.17, 15) is 0 Å². The third kappa shape index (κ3) is 5.18. The van der Waals surface area contributed by atoms with E-state index < -0.39 is 0 Å². The number of hydrogen-bond acceptors (Lipinski definition) is 5. The van der Waals surface area contributed by atoms with Gasteiger partial charge in [0, 0.05) is 13.0 Å². The van der Waals surface area contributed by atoms with E-state index in [2.05, 4.69) is 29.3 Å². The molecule has 1 heterocycles. The van der Waals surface area contributed by atoms with Crippen molar-refractivity contribution in [2.45, 2.75) is 26.0 Å². The van der Waals surface area contributed by atoms with Crippen molar-refractivity contribution >= 4 is 11.8 Å². The molecule has 1 aromatic heterocycles. The van der Waals surface area contributed by atoms with Gasteiger partial charge < -0.3 is 9.84 Å². The predicted molar refractivity (Wildman–Crippen MR) is 62.9 cm³/mol. The third-order valence-electron chi connectivity index (χ3n) is 1.78. The average Bonchev–Trinajstić information content (AvgIpc) is 2.62. The maximum Gasteiger partial charge on any atom is 0.227 e. The van der Waals surface area contributed by atoms with E-state index in [1.54, 1.807) is 0 Å². The van der Waals surface area contributed by atoms with Crippen molar-refractivity contribution in [1.82, 2.24) is 15.5 Å². The van der Waals surface area contributed by atoms with E-state index in [1.165, 1.54) is 0 Å². The first kappa shape index (κ1) is 12.5. The third-order valence-corrected chi connectivity index (χ3v) is 3.15. The molecule has 0 bridgehead atoms. The summed E-state index contributed by atoms with van der Waals surface area (Å²) in [7, 11) is 1.91. The van der Waals surface area contributed by atoms with Crippen LogP contribution in [0.15, 0.2) is 4.52 Å². The van der Waals surface area contributed by atoms with Gasteiger partial charge in [0.1, 0.15) is 0 Å². The van der Waals surface area contributed by atoms with Crippen LogP contribution < -0.4 is 5.32 Å². The summed E-state index contributed by atoms with van der Waals surface area (Å²) >= 11 is 1.85. The van der Waals surface area contributed by atoms with Crippen molar-refractivity contribution in [3.8, 4) is 0 Å². The van der Waals surface area contributed by atoms with Gasteiger partial charge in [0.05, 0.1) is 5.75 Å². The summed E-state index contributed by atoms with van der Waals surface area (Å²) in [6.45, 7) is 5.30. The van der Waals surface area contributed by atoms with Gasteiger partial charge in [-0.15, -0.1) is 0 Å². The highest BCUT2D eigenvalue weighted by Crippen LogP contribution is 2.13. The fourth-order valence-electron chi connectivity index (χ4n) is 1.07. The second-order valence-corrected chi connectivity index (χ2v) is 4.90. The number of thioether (sulfide) groups is 1. The monoisotopic (exact) mass is 229 g/mol. The minimum absolute atomic E-state index is 0.714. The molecular weight excluding hydrogens is 210 g/mol. The molecule has 4 nitrogen and oxygen atoms in total. The Morgan fingerprint density at radius 1 is 1.47 bits per heavy atom. The molecule has 1 rings (SSSR count). The van der Waals surface area contributed by atoms with Crippen LogP contribution in [0.5, 0.6) is 0 Å². The molecule has 0 radical (unpaired) electrons. The largest absolute Gasteiger partial charge is 0.339 e. The normalized spacial score (nSPS) is 11.2. The van der Waals surface area contributed by atoms with Crippen LogP contribution in [0.3, 0.4) is 0 Å². The molecule has 0 aliphatic heterocycles. The molecule has 0 unspecified atom stereocenters. The van der Waals surface area contributed by atoms with Crippen LogP contribution in [0, 0.1) is 5.92 Å². The topological polar surface area (TPSA) is 51.0 Å². The summed E-state index contributed by atoms with van der Waals surface area (Å²) in [5, 5.41) is 6.98. The van der Waals surface area contributed by atoms with Gasteiger partial charge in [0.15, 0.2) is 5.82 Å². The highest BCUT2D eigenvalue weighted by molar-refractivity contribution is 7.98. The maximum atomic E-state index is 5.11. The highest BCUT2D eigenvalue weighted by Gasteiger charge is 2.05. The van der Waals surface area contributed by atoms with Crippen molar-refractivity contribution in [2.75, 3.05) is 19.3 Å². The van der Waals surface area contributed by atoms with E-state index in [4.69, 9.17) is 4.52 Å². The van der Waals surface area contributed by atoms with Crippen LogP contribution in [0.1, 0.15) is 25.6 Å². The first-order valence-electron chi connectivity index (χ1n) is 5.26. The van der Waals surface area contributed by atoms with Crippen molar-refractivity contribution < 1.29 is 4.52 Å². The molecule has 0 aliphatic rings. The van der Waals surface area contributed by atoms with Crippen LogP contribution in [-0.2, 0) is 12.2 Å². The molecule has 0 aliphatic carbocycles.